The van der Waals surface area contributed by atoms with Crippen LogP contribution in [0.25, 0.3) is 5.52 Å². The molecule has 0 spiro atoms. The summed E-state index contributed by atoms with van der Waals surface area (Å²) >= 11 is 3.46. The van der Waals surface area contributed by atoms with Crippen LogP contribution in [-0.2, 0) is 13.1 Å². The standard InChI is InChI=1S/C12H13BrN8/c1-7-17-18-8-6-19(4-5-20(7)8)12-16-10(13)9-11(14)15-2-3-21(9)12/h2-3H,4-6H2,1H3,(H2,14,15). The first-order chi connectivity index (χ1) is 10.1. The van der Waals surface area contributed by atoms with Gasteiger partial charge in [0.25, 0.3) is 0 Å². The molecule has 0 atom stereocenters. The average Bonchev–Trinajstić information content (AvgIpc) is 3.01. The molecular weight excluding hydrogens is 336 g/mol. The molecule has 0 bridgehead atoms. The molecule has 3 aromatic heterocycles. The molecule has 9 heteroatoms. The van der Waals surface area contributed by atoms with Gasteiger partial charge < -0.3 is 15.2 Å². The summed E-state index contributed by atoms with van der Waals surface area (Å²) in [6.07, 6.45) is 3.54. The molecule has 108 valence electrons. The van der Waals surface area contributed by atoms with Gasteiger partial charge in [-0.1, -0.05) is 0 Å². The van der Waals surface area contributed by atoms with Crippen LogP contribution in [0.3, 0.4) is 0 Å². The normalized spacial score (nSPS) is 14.7. The van der Waals surface area contributed by atoms with E-state index in [1.54, 1.807) is 6.20 Å². The van der Waals surface area contributed by atoms with E-state index < -0.39 is 0 Å². The van der Waals surface area contributed by atoms with Crippen molar-refractivity contribution in [2.75, 3.05) is 17.2 Å². The molecule has 2 N–H and O–H groups in total. The number of fused-ring (bicyclic) bond motifs is 2. The molecule has 0 fully saturated rings. The monoisotopic (exact) mass is 348 g/mol. The molecule has 1 aliphatic rings. The summed E-state index contributed by atoms with van der Waals surface area (Å²) in [5.41, 5.74) is 6.72. The van der Waals surface area contributed by atoms with Crippen molar-refractivity contribution < 1.29 is 0 Å². The van der Waals surface area contributed by atoms with Crippen molar-refractivity contribution in [3.63, 3.8) is 0 Å². The van der Waals surface area contributed by atoms with Crippen LogP contribution < -0.4 is 10.6 Å². The van der Waals surface area contributed by atoms with Crippen LogP contribution in [0.2, 0.25) is 0 Å². The van der Waals surface area contributed by atoms with Gasteiger partial charge in [-0.05, 0) is 22.9 Å². The van der Waals surface area contributed by atoms with E-state index in [1.807, 2.05) is 17.5 Å². The molecule has 4 rings (SSSR count). The number of nitrogens with zero attached hydrogens (tertiary/aromatic N) is 7. The lowest BCUT2D eigenvalue weighted by molar-refractivity contribution is 0.542. The Bertz CT molecular complexity index is 835. The number of aryl methyl sites for hydroxylation is 1. The number of imidazole rings is 1. The highest BCUT2D eigenvalue weighted by Gasteiger charge is 2.24. The van der Waals surface area contributed by atoms with E-state index in [4.69, 9.17) is 5.73 Å². The highest BCUT2D eigenvalue weighted by molar-refractivity contribution is 9.10. The summed E-state index contributed by atoms with van der Waals surface area (Å²) in [5, 5.41) is 8.35. The van der Waals surface area contributed by atoms with Gasteiger partial charge in [0.05, 0.1) is 6.54 Å². The fourth-order valence-corrected chi connectivity index (χ4v) is 3.26. The molecule has 0 saturated heterocycles. The third-order valence-electron chi connectivity index (χ3n) is 3.74. The molecule has 0 unspecified atom stereocenters. The number of hydrogen-bond donors (Lipinski definition) is 1. The Labute approximate surface area is 128 Å². The van der Waals surface area contributed by atoms with E-state index in [-0.39, 0.29) is 0 Å². The molecule has 0 amide bonds. The number of anilines is 2. The van der Waals surface area contributed by atoms with Crippen LogP contribution >= 0.6 is 15.9 Å². The zero-order valence-corrected chi connectivity index (χ0v) is 12.9. The van der Waals surface area contributed by atoms with Crippen LogP contribution in [0.15, 0.2) is 17.0 Å². The number of rotatable bonds is 1. The zero-order valence-electron chi connectivity index (χ0n) is 11.4. The first-order valence-corrected chi connectivity index (χ1v) is 7.36. The predicted molar refractivity (Wildman–Crippen MR) is 80.9 cm³/mol. The van der Waals surface area contributed by atoms with Crippen molar-refractivity contribution in [3.05, 3.63) is 28.6 Å². The van der Waals surface area contributed by atoms with Crippen molar-refractivity contribution in [1.29, 1.82) is 0 Å². The average molecular weight is 349 g/mol. The van der Waals surface area contributed by atoms with Crippen LogP contribution in [0.4, 0.5) is 11.8 Å². The fourth-order valence-electron chi connectivity index (χ4n) is 2.70. The third kappa shape index (κ3) is 1.80. The Balaban J connectivity index is 1.80. The predicted octanol–water partition coefficient (Wildman–Crippen LogP) is 0.994. The van der Waals surface area contributed by atoms with E-state index in [2.05, 4.69) is 45.6 Å². The summed E-state index contributed by atoms with van der Waals surface area (Å²) in [7, 11) is 0. The summed E-state index contributed by atoms with van der Waals surface area (Å²) in [5.74, 6) is 3.19. The lowest BCUT2D eigenvalue weighted by atomic mass is 10.3. The van der Waals surface area contributed by atoms with E-state index in [0.717, 1.165) is 36.2 Å². The zero-order chi connectivity index (χ0) is 14.6. The molecule has 21 heavy (non-hydrogen) atoms. The summed E-state index contributed by atoms with van der Waals surface area (Å²) in [6, 6.07) is 0. The van der Waals surface area contributed by atoms with E-state index in [9.17, 15) is 0 Å². The molecule has 0 saturated carbocycles. The maximum Gasteiger partial charge on any atom is 0.211 e. The number of nitrogens with two attached hydrogens (primary N) is 1. The quantitative estimate of drug-likeness (QED) is 0.705. The molecule has 1 aliphatic heterocycles. The van der Waals surface area contributed by atoms with Gasteiger partial charge in [0.15, 0.2) is 11.6 Å². The minimum absolute atomic E-state index is 0.458. The smallest absolute Gasteiger partial charge is 0.211 e. The highest BCUT2D eigenvalue weighted by atomic mass is 79.9. The second-order valence-corrected chi connectivity index (χ2v) is 5.72. The van der Waals surface area contributed by atoms with Gasteiger partial charge in [0.2, 0.25) is 5.95 Å². The van der Waals surface area contributed by atoms with Gasteiger partial charge in [-0.15, -0.1) is 10.2 Å². The van der Waals surface area contributed by atoms with Crippen molar-refractivity contribution in [2.45, 2.75) is 20.0 Å². The molecule has 0 radical (unpaired) electrons. The molecule has 3 aromatic rings. The molecular formula is C12H13BrN8. The SMILES string of the molecule is Cc1nnc2n1CCN(c1nc(Br)c3c(N)nccn13)C2. The van der Waals surface area contributed by atoms with Crippen LogP contribution in [0, 0.1) is 6.92 Å². The van der Waals surface area contributed by atoms with Crippen molar-refractivity contribution in [1.82, 2.24) is 29.1 Å². The number of nitrogen functional groups attached to an aromatic ring is 1. The van der Waals surface area contributed by atoms with Gasteiger partial charge in [0, 0.05) is 25.5 Å². The second kappa shape index (κ2) is 4.42. The molecule has 0 aromatic carbocycles. The topological polar surface area (TPSA) is 90.2 Å². The molecule has 4 heterocycles. The number of halogens is 1. The summed E-state index contributed by atoms with van der Waals surface area (Å²) < 4.78 is 4.79. The maximum absolute atomic E-state index is 5.93. The minimum Gasteiger partial charge on any atom is -0.382 e. The number of hydrogen-bond acceptors (Lipinski definition) is 6. The van der Waals surface area contributed by atoms with Gasteiger partial charge in [-0.3, -0.25) is 4.40 Å². The van der Waals surface area contributed by atoms with Crippen molar-refractivity contribution >= 4 is 33.2 Å². The summed E-state index contributed by atoms with van der Waals surface area (Å²) in [4.78, 5) is 10.9. The van der Waals surface area contributed by atoms with Crippen LogP contribution in [0.5, 0.6) is 0 Å². The van der Waals surface area contributed by atoms with Crippen LogP contribution in [0.1, 0.15) is 11.6 Å². The fraction of sp³-hybridized carbons (Fsp3) is 0.333. The Kier molecular flexibility index (Phi) is 2.64. The van der Waals surface area contributed by atoms with Gasteiger partial charge in [-0.25, -0.2) is 9.97 Å². The van der Waals surface area contributed by atoms with Gasteiger partial charge >= 0.3 is 0 Å². The Morgan fingerprint density at radius 1 is 1.29 bits per heavy atom. The lowest BCUT2D eigenvalue weighted by Crippen LogP contribution is -2.35. The van der Waals surface area contributed by atoms with E-state index >= 15 is 0 Å². The maximum atomic E-state index is 5.93. The van der Waals surface area contributed by atoms with Gasteiger partial charge in [0.1, 0.15) is 15.9 Å². The Morgan fingerprint density at radius 3 is 3.00 bits per heavy atom. The molecule has 0 aliphatic carbocycles. The van der Waals surface area contributed by atoms with Crippen molar-refractivity contribution in [3.8, 4) is 0 Å². The highest BCUT2D eigenvalue weighted by Crippen LogP contribution is 2.28. The van der Waals surface area contributed by atoms with Crippen molar-refractivity contribution in [2.24, 2.45) is 0 Å². The third-order valence-corrected chi connectivity index (χ3v) is 4.30. The first kappa shape index (κ1) is 12.6. The number of aromatic nitrogens is 6. The lowest BCUT2D eigenvalue weighted by Gasteiger charge is -2.27. The minimum atomic E-state index is 0.458. The molecule has 8 nitrogen and oxygen atoms in total. The Morgan fingerprint density at radius 2 is 2.14 bits per heavy atom. The Hall–Kier alpha value is -2.16. The largest absolute Gasteiger partial charge is 0.382 e. The van der Waals surface area contributed by atoms with E-state index in [1.165, 1.54) is 0 Å². The van der Waals surface area contributed by atoms with E-state index in [0.29, 0.717) is 17.0 Å². The first-order valence-electron chi connectivity index (χ1n) is 6.57. The second-order valence-electron chi connectivity index (χ2n) is 4.97. The van der Waals surface area contributed by atoms with Gasteiger partial charge in [-0.2, -0.15) is 0 Å². The summed E-state index contributed by atoms with van der Waals surface area (Å²) in [6.45, 7) is 4.34. The van der Waals surface area contributed by atoms with Crippen LogP contribution in [-0.4, -0.2) is 35.7 Å².